The Kier molecular flexibility index (Phi) is 4.95. The highest BCUT2D eigenvalue weighted by Gasteiger charge is 2.22. The summed E-state index contributed by atoms with van der Waals surface area (Å²) >= 11 is 0. The van der Waals surface area contributed by atoms with Gasteiger partial charge >= 0.3 is 11.4 Å². The summed E-state index contributed by atoms with van der Waals surface area (Å²) in [6, 6.07) is 19.0. The van der Waals surface area contributed by atoms with Crippen LogP contribution in [-0.4, -0.2) is 29.3 Å². The molecular formula is C23H22N6O2. The predicted molar refractivity (Wildman–Crippen MR) is 118 cm³/mol. The van der Waals surface area contributed by atoms with Crippen LogP contribution in [0.25, 0.3) is 17.0 Å². The van der Waals surface area contributed by atoms with Crippen molar-refractivity contribution in [1.82, 2.24) is 29.3 Å². The first kappa shape index (κ1) is 19.0. The zero-order chi connectivity index (χ0) is 21.2. The monoisotopic (exact) mass is 414 g/mol. The number of nitrogens with one attached hydrogen (secondary N) is 1. The lowest BCUT2D eigenvalue weighted by Crippen LogP contribution is -2.27. The van der Waals surface area contributed by atoms with E-state index in [1.165, 1.54) is 4.68 Å². The molecule has 1 aliphatic carbocycles. The Bertz CT molecular complexity index is 1340. The molecule has 2 heterocycles. The van der Waals surface area contributed by atoms with E-state index in [0.717, 1.165) is 46.4 Å². The minimum atomic E-state index is -0.457. The Morgan fingerprint density at radius 3 is 2.39 bits per heavy atom. The largest absolute Gasteiger partial charge is 0.356 e. The van der Waals surface area contributed by atoms with Crippen molar-refractivity contribution >= 4 is 11.3 Å². The summed E-state index contributed by atoms with van der Waals surface area (Å²) in [6.45, 7) is 0.623. The fourth-order valence-corrected chi connectivity index (χ4v) is 4.06. The Labute approximate surface area is 178 Å². The van der Waals surface area contributed by atoms with Crippen LogP contribution in [0.15, 0.2) is 76.4 Å². The molecule has 0 saturated carbocycles. The third-order valence-corrected chi connectivity index (χ3v) is 5.55. The van der Waals surface area contributed by atoms with Crippen LogP contribution in [0.2, 0.25) is 0 Å². The molecule has 156 valence electrons. The first-order valence-electron chi connectivity index (χ1n) is 10.4. The summed E-state index contributed by atoms with van der Waals surface area (Å²) in [5, 5.41) is 11.4. The normalized spacial score (nSPS) is 14.2. The molecule has 0 amide bonds. The zero-order valence-electron chi connectivity index (χ0n) is 16.9. The van der Waals surface area contributed by atoms with Crippen LogP contribution in [0.1, 0.15) is 36.9 Å². The van der Waals surface area contributed by atoms with Gasteiger partial charge in [-0.3, -0.25) is 0 Å². The van der Waals surface area contributed by atoms with E-state index in [0.29, 0.717) is 18.7 Å². The lowest BCUT2D eigenvalue weighted by molar-refractivity contribution is 0.649. The maximum atomic E-state index is 13.1. The van der Waals surface area contributed by atoms with E-state index in [1.54, 1.807) is 28.9 Å². The Morgan fingerprint density at radius 2 is 1.61 bits per heavy atom. The van der Waals surface area contributed by atoms with Crippen LogP contribution >= 0.6 is 0 Å². The van der Waals surface area contributed by atoms with Gasteiger partial charge in [0.25, 0.3) is 0 Å². The van der Waals surface area contributed by atoms with E-state index in [9.17, 15) is 9.59 Å². The molecule has 2 aromatic carbocycles. The first-order chi connectivity index (χ1) is 15.2. The zero-order valence-corrected chi connectivity index (χ0v) is 16.9. The van der Waals surface area contributed by atoms with E-state index in [-0.39, 0.29) is 0 Å². The van der Waals surface area contributed by atoms with Gasteiger partial charge in [-0.2, -0.15) is 0 Å². The lowest BCUT2D eigenvalue weighted by atomic mass is 9.94. The van der Waals surface area contributed by atoms with Crippen LogP contribution in [0.3, 0.4) is 0 Å². The average molecular weight is 414 g/mol. The van der Waals surface area contributed by atoms with Crippen molar-refractivity contribution in [3.63, 3.8) is 0 Å². The molecule has 4 aromatic rings. The minimum Gasteiger partial charge on any atom is -0.247 e. The third kappa shape index (κ3) is 3.68. The lowest BCUT2D eigenvalue weighted by Gasteiger charge is -2.18. The standard InChI is InChI=1S/C23H22N6O2/c30-22-25-29(23(31)28(22)18-11-5-2-6-12-18)21-14-8-7-13-19(21)20-16-27(26-24-20)15-17-9-3-1-4-10-17/h1-6,9-12,16H,7-8,13-15H2,(H,25,30). The second-order valence-electron chi connectivity index (χ2n) is 7.63. The van der Waals surface area contributed by atoms with Crippen molar-refractivity contribution in [2.45, 2.75) is 32.2 Å². The van der Waals surface area contributed by atoms with Gasteiger partial charge in [0.2, 0.25) is 0 Å². The maximum absolute atomic E-state index is 13.1. The number of H-pyrrole nitrogens is 1. The van der Waals surface area contributed by atoms with Gasteiger partial charge in [-0.1, -0.05) is 53.7 Å². The second-order valence-corrected chi connectivity index (χ2v) is 7.63. The fourth-order valence-electron chi connectivity index (χ4n) is 4.06. The molecule has 0 spiro atoms. The molecule has 1 N–H and O–H groups in total. The van der Waals surface area contributed by atoms with Gasteiger partial charge in [0.05, 0.1) is 24.1 Å². The second kappa shape index (κ2) is 8.06. The van der Waals surface area contributed by atoms with Crippen LogP contribution in [0, 0.1) is 0 Å². The van der Waals surface area contributed by atoms with Crippen molar-refractivity contribution in [1.29, 1.82) is 0 Å². The van der Waals surface area contributed by atoms with Crippen molar-refractivity contribution in [3.05, 3.63) is 99.1 Å². The van der Waals surface area contributed by atoms with Gasteiger partial charge < -0.3 is 0 Å². The van der Waals surface area contributed by atoms with Gasteiger partial charge in [0, 0.05) is 5.57 Å². The summed E-state index contributed by atoms with van der Waals surface area (Å²) < 4.78 is 4.33. The molecule has 1 aliphatic rings. The molecule has 2 aromatic heterocycles. The van der Waals surface area contributed by atoms with Crippen LogP contribution in [0.5, 0.6) is 0 Å². The Morgan fingerprint density at radius 1 is 0.903 bits per heavy atom. The highest BCUT2D eigenvalue weighted by Crippen LogP contribution is 2.33. The summed E-state index contributed by atoms with van der Waals surface area (Å²) in [7, 11) is 0. The van der Waals surface area contributed by atoms with Crippen LogP contribution in [0.4, 0.5) is 0 Å². The number of hydrogen-bond donors (Lipinski definition) is 1. The number of hydrogen-bond acceptors (Lipinski definition) is 4. The van der Waals surface area contributed by atoms with E-state index < -0.39 is 11.4 Å². The summed E-state index contributed by atoms with van der Waals surface area (Å²) in [5.74, 6) is 0. The Hall–Kier alpha value is -3.94. The van der Waals surface area contributed by atoms with E-state index in [4.69, 9.17) is 0 Å². The van der Waals surface area contributed by atoms with E-state index in [2.05, 4.69) is 15.4 Å². The number of nitrogens with zero attached hydrogens (tertiary/aromatic N) is 5. The van der Waals surface area contributed by atoms with Crippen molar-refractivity contribution in [2.24, 2.45) is 0 Å². The quantitative estimate of drug-likeness (QED) is 0.544. The molecule has 0 fully saturated rings. The molecular weight excluding hydrogens is 392 g/mol. The number of para-hydroxylation sites is 1. The third-order valence-electron chi connectivity index (χ3n) is 5.55. The highest BCUT2D eigenvalue weighted by atomic mass is 16.2. The maximum Gasteiger partial charge on any atom is 0.356 e. The SMILES string of the molecule is O=c1[nH]n(C2=C(c3cn(Cc4ccccc4)nn3)CCCC2)c(=O)n1-c1ccccc1. The molecule has 0 bridgehead atoms. The van der Waals surface area contributed by atoms with Gasteiger partial charge in [-0.25, -0.2) is 28.6 Å². The molecule has 8 nitrogen and oxygen atoms in total. The topological polar surface area (TPSA) is 90.5 Å². The Balaban J connectivity index is 1.55. The predicted octanol–water partition coefficient (Wildman–Crippen LogP) is 2.91. The number of benzene rings is 2. The van der Waals surface area contributed by atoms with Crippen LogP contribution < -0.4 is 11.4 Å². The summed E-state index contributed by atoms with van der Waals surface area (Å²) in [4.78, 5) is 25.7. The molecule has 0 unspecified atom stereocenters. The molecule has 0 aliphatic heterocycles. The number of rotatable bonds is 5. The molecule has 0 radical (unpaired) electrons. The van der Waals surface area contributed by atoms with Gasteiger partial charge in [-0.15, -0.1) is 5.10 Å². The molecule has 8 heteroatoms. The number of allylic oxidation sites excluding steroid dienone is 2. The van der Waals surface area contributed by atoms with Gasteiger partial charge in [-0.05, 0) is 43.4 Å². The minimum absolute atomic E-state index is 0.401. The van der Waals surface area contributed by atoms with Crippen molar-refractivity contribution in [3.8, 4) is 5.69 Å². The van der Waals surface area contributed by atoms with Crippen molar-refractivity contribution in [2.75, 3.05) is 0 Å². The number of aromatic nitrogens is 6. The fraction of sp³-hybridized carbons (Fsp3) is 0.217. The summed E-state index contributed by atoms with van der Waals surface area (Å²) in [6.07, 6.45) is 5.33. The van der Waals surface area contributed by atoms with E-state index in [1.807, 2.05) is 42.6 Å². The molecule has 0 saturated heterocycles. The average Bonchev–Trinajstić information content (AvgIpc) is 3.39. The number of aromatic amines is 1. The van der Waals surface area contributed by atoms with Crippen LogP contribution in [-0.2, 0) is 6.54 Å². The summed E-state index contributed by atoms with van der Waals surface area (Å²) in [5.41, 5.74) is 3.30. The van der Waals surface area contributed by atoms with Gasteiger partial charge in [0.1, 0.15) is 5.69 Å². The molecule has 5 rings (SSSR count). The first-order valence-corrected chi connectivity index (χ1v) is 10.4. The van der Waals surface area contributed by atoms with E-state index >= 15 is 0 Å². The molecule has 31 heavy (non-hydrogen) atoms. The van der Waals surface area contributed by atoms with Gasteiger partial charge in [0.15, 0.2) is 0 Å². The highest BCUT2D eigenvalue weighted by molar-refractivity contribution is 5.81. The smallest absolute Gasteiger partial charge is 0.247 e. The van der Waals surface area contributed by atoms with Crippen molar-refractivity contribution < 1.29 is 0 Å². The molecule has 0 atom stereocenters.